The maximum Gasteiger partial charge on any atom is 2.00 e. The Morgan fingerprint density at radius 3 is 1.30 bits per heavy atom. The van der Waals surface area contributed by atoms with Crippen LogP contribution in [-0.2, 0) is 0 Å². The van der Waals surface area contributed by atoms with Crippen molar-refractivity contribution in [2.45, 2.75) is 0 Å². The summed E-state index contributed by atoms with van der Waals surface area (Å²) in [5.41, 5.74) is 9.93. The second-order valence-electron chi connectivity index (χ2n) is 4.06. The minimum Gasteiger partial charge on any atom is -0.545 e. The van der Waals surface area contributed by atoms with Gasteiger partial charge in [-0.3, -0.25) is 0 Å². The molecule has 0 saturated heterocycles. The van der Waals surface area contributed by atoms with Crippen molar-refractivity contribution >= 4 is 61.1 Å². The molecule has 0 spiro atoms. The van der Waals surface area contributed by atoms with Gasteiger partial charge in [0.25, 0.3) is 0 Å². The number of rotatable bonds is 2. The van der Waals surface area contributed by atoms with Gasteiger partial charge in [0, 0.05) is 11.1 Å². The van der Waals surface area contributed by atoms with E-state index in [1.54, 1.807) is 0 Å². The Morgan fingerprint density at radius 1 is 0.783 bits per heavy atom. The summed E-state index contributed by atoms with van der Waals surface area (Å²) in [6, 6.07) is 8.12. The number of anilines is 2. The van der Waals surface area contributed by atoms with Gasteiger partial charge in [0.15, 0.2) is 0 Å². The molecule has 0 fully saturated rings. The summed E-state index contributed by atoms with van der Waals surface area (Å²) < 4.78 is 0. The Bertz CT molecular complexity index is 659. The van der Waals surface area contributed by atoms with E-state index in [2.05, 4.69) is 0 Å². The first-order valence-corrected chi connectivity index (χ1v) is 5.83. The number of para-hydroxylation sites is 2. The molecule has 0 heterocycles. The summed E-state index contributed by atoms with van der Waals surface area (Å²) in [5, 5.41) is 38.5. The average molecular weight is 344 g/mol. The molecule has 0 unspecified atom stereocenters. The van der Waals surface area contributed by atoms with Crippen LogP contribution in [0.5, 0.6) is 11.5 Å². The van der Waals surface area contributed by atoms with Gasteiger partial charge in [-0.2, -0.15) is 0 Å². The minimum absolute atomic E-state index is 0. The zero-order valence-corrected chi connectivity index (χ0v) is 14.1. The van der Waals surface area contributed by atoms with Gasteiger partial charge in [-0.05, 0) is 24.3 Å². The standard InChI is InChI=1S/2C7H7NO3.Ca/c2*8-5-3-1-2-4(6(5)9)7(10)11;/h2*1-3,9H,8H2,(H,10,11);/q;;+2/p-2. The van der Waals surface area contributed by atoms with Gasteiger partial charge < -0.3 is 41.5 Å². The van der Waals surface area contributed by atoms with Gasteiger partial charge in [0.1, 0.15) is 11.5 Å². The number of aromatic carboxylic acids is 2. The van der Waals surface area contributed by atoms with E-state index in [-0.39, 0.29) is 60.2 Å². The summed E-state index contributed by atoms with van der Waals surface area (Å²) in [7, 11) is 0. The molecule has 2 aromatic rings. The van der Waals surface area contributed by atoms with Crippen LogP contribution in [0.3, 0.4) is 0 Å². The first-order valence-electron chi connectivity index (χ1n) is 5.83. The number of carboxylic acids is 2. The Morgan fingerprint density at radius 2 is 1.09 bits per heavy atom. The number of phenols is 2. The average Bonchev–Trinajstić information content (AvgIpc) is 2.45. The predicted octanol–water partition coefficient (Wildman–Crippen LogP) is -1.70. The van der Waals surface area contributed by atoms with Gasteiger partial charge in [-0.15, -0.1) is 0 Å². The third kappa shape index (κ3) is 5.51. The summed E-state index contributed by atoms with van der Waals surface area (Å²) in [6.07, 6.45) is 0. The van der Waals surface area contributed by atoms with Gasteiger partial charge in [-0.1, -0.05) is 12.1 Å². The monoisotopic (exact) mass is 344 g/mol. The molecule has 0 aliphatic heterocycles. The molecule has 8 nitrogen and oxygen atoms in total. The minimum atomic E-state index is -1.44. The molecule has 0 aromatic heterocycles. The number of carbonyl (C=O) groups is 2. The molecule has 0 aliphatic carbocycles. The van der Waals surface area contributed by atoms with E-state index in [4.69, 9.17) is 21.7 Å². The van der Waals surface area contributed by atoms with Gasteiger partial charge in [0.05, 0.1) is 23.3 Å². The molecule has 0 aliphatic rings. The number of carbonyl (C=O) groups excluding carboxylic acids is 2. The van der Waals surface area contributed by atoms with Crippen molar-refractivity contribution in [3.8, 4) is 11.5 Å². The van der Waals surface area contributed by atoms with Crippen molar-refractivity contribution in [1.82, 2.24) is 0 Å². The molecule has 0 atom stereocenters. The molecular weight excluding hydrogens is 332 g/mol. The summed E-state index contributed by atoms with van der Waals surface area (Å²) in [6.45, 7) is 0. The van der Waals surface area contributed by atoms with E-state index in [0.29, 0.717) is 0 Å². The zero-order chi connectivity index (χ0) is 16.9. The van der Waals surface area contributed by atoms with E-state index in [1.165, 1.54) is 36.4 Å². The van der Waals surface area contributed by atoms with Crippen molar-refractivity contribution in [1.29, 1.82) is 0 Å². The fourth-order valence-corrected chi connectivity index (χ4v) is 1.45. The molecule has 2 aromatic carbocycles. The zero-order valence-electron chi connectivity index (χ0n) is 11.9. The predicted molar refractivity (Wildman–Crippen MR) is 79.5 cm³/mol. The molecule has 6 N–H and O–H groups in total. The van der Waals surface area contributed by atoms with E-state index in [9.17, 15) is 19.8 Å². The molecule has 0 bridgehead atoms. The smallest absolute Gasteiger partial charge is 0.545 e. The molecule has 9 heteroatoms. The van der Waals surface area contributed by atoms with Crippen LogP contribution in [0.4, 0.5) is 11.4 Å². The SMILES string of the molecule is Nc1cccc(C(=O)[O-])c1O.Nc1cccc(C(=O)[O-])c1O.[Ca+2]. The maximum atomic E-state index is 10.2. The Balaban J connectivity index is 0.000000403. The number of aromatic hydroxyl groups is 2. The first kappa shape index (κ1) is 20.8. The number of benzene rings is 2. The number of hydrogen-bond acceptors (Lipinski definition) is 8. The van der Waals surface area contributed by atoms with E-state index >= 15 is 0 Å². The maximum absolute atomic E-state index is 10.2. The van der Waals surface area contributed by atoms with Crippen molar-refractivity contribution < 1.29 is 30.0 Å². The van der Waals surface area contributed by atoms with Gasteiger partial charge in [-0.25, -0.2) is 0 Å². The number of nitrogens with two attached hydrogens (primary N) is 2. The fraction of sp³-hybridized carbons (Fsp3) is 0. The van der Waals surface area contributed by atoms with Crippen LogP contribution in [-0.4, -0.2) is 59.9 Å². The van der Waals surface area contributed by atoms with Crippen molar-refractivity contribution in [2.75, 3.05) is 11.5 Å². The molecular formula is C14H12CaN2O6. The normalized spacial score (nSPS) is 9.04. The Kier molecular flexibility index (Phi) is 8.23. The molecule has 2 rings (SSSR count). The van der Waals surface area contributed by atoms with Crippen LogP contribution < -0.4 is 21.7 Å². The second kappa shape index (κ2) is 9.09. The molecule has 0 saturated carbocycles. The largest absolute Gasteiger partial charge is 2.00 e. The summed E-state index contributed by atoms with van der Waals surface area (Å²) >= 11 is 0. The third-order valence-electron chi connectivity index (χ3n) is 2.57. The van der Waals surface area contributed by atoms with Crippen LogP contribution in [0.2, 0.25) is 0 Å². The van der Waals surface area contributed by atoms with Crippen LogP contribution in [0.1, 0.15) is 20.7 Å². The quantitative estimate of drug-likeness (QED) is 0.283. The van der Waals surface area contributed by atoms with Crippen LogP contribution in [0, 0.1) is 0 Å². The fourth-order valence-electron chi connectivity index (χ4n) is 1.45. The summed E-state index contributed by atoms with van der Waals surface area (Å²) in [5.74, 6) is -3.75. The second-order valence-corrected chi connectivity index (χ2v) is 4.06. The van der Waals surface area contributed by atoms with E-state index < -0.39 is 23.4 Å². The van der Waals surface area contributed by atoms with Crippen molar-refractivity contribution in [3.05, 3.63) is 47.5 Å². The number of carboxylic acid groups (broad SMARTS) is 2. The third-order valence-corrected chi connectivity index (χ3v) is 2.57. The van der Waals surface area contributed by atoms with Crippen molar-refractivity contribution in [2.24, 2.45) is 0 Å². The molecule has 23 heavy (non-hydrogen) atoms. The summed E-state index contributed by atoms with van der Waals surface area (Å²) in [4.78, 5) is 20.5. The number of hydrogen-bond donors (Lipinski definition) is 4. The molecule has 0 radical (unpaired) electrons. The van der Waals surface area contributed by atoms with Crippen molar-refractivity contribution in [3.63, 3.8) is 0 Å². The molecule has 0 amide bonds. The van der Waals surface area contributed by atoms with Crippen LogP contribution in [0.15, 0.2) is 36.4 Å². The Labute approximate surface area is 161 Å². The van der Waals surface area contributed by atoms with Crippen LogP contribution in [0.25, 0.3) is 0 Å². The number of nitrogen functional groups attached to an aromatic ring is 2. The van der Waals surface area contributed by atoms with Gasteiger partial charge in [0.2, 0.25) is 0 Å². The Hall–Kier alpha value is -2.16. The first-order chi connectivity index (χ1) is 10.3. The van der Waals surface area contributed by atoms with E-state index in [1.807, 2.05) is 0 Å². The van der Waals surface area contributed by atoms with Crippen LogP contribution >= 0.6 is 0 Å². The topological polar surface area (TPSA) is 173 Å². The van der Waals surface area contributed by atoms with Gasteiger partial charge >= 0.3 is 37.7 Å². The van der Waals surface area contributed by atoms with E-state index in [0.717, 1.165) is 0 Å². The molecule has 116 valence electrons.